The SMILES string of the molecule is CCOCCC[NH2+]CC(=O)Nc1ccc(OC)c(Cl)c1. The van der Waals surface area contributed by atoms with E-state index in [9.17, 15) is 4.79 Å². The molecule has 1 amide bonds. The molecule has 20 heavy (non-hydrogen) atoms. The van der Waals surface area contributed by atoms with Crippen molar-refractivity contribution in [2.24, 2.45) is 0 Å². The van der Waals surface area contributed by atoms with E-state index < -0.39 is 0 Å². The van der Waals surface area contributed by atoms with E-state index in [0.29, 0.717) is 23.0 Å². The maximum Gasteiger partial charge on any atom is 0.279 e. The highest BCUT2D eigenvalue weighted by Crippen LogP contribution is 2.26. The first-order valence-corrected chi connectivity index (χ1v) is 7.08. The average Bonchev–Trinajstić information content (AvgIpc) is 2.43. The van der Waals surface area contributed by atoms with E-state index in [4.69, 9.17) is 21.1 Å². The third kappa shape index (κ3) is 6.23. The zero-order valence-electron chi connectivity index (χ0n) is 11.9. The highest BCUT2D eigenvalue weighted by molar-refractivity contribution is 6.32. The lowest BCUT2D eigenvalue weighted by molar-refractivity contribution is -0.644. The molecule has 1 aromatic carbocycles. The Morgan fingerprint density at radius 1 is 1.45 bits per heavy atom. The van der Waals surface area contributed by atoms with Crippen molar-refractivity contribution >= 4 is 23.2 Å². The highest BCUT2D eigenvalue weighted by Gasteiger charge is 2.06. The summed E-state index contributed by atoms with van der Waals surface area (Å²) in [5.41, 5.74) is 0.670. The number of methoxy groups -OCH3 is 1. The minimum Gasteiger partial charge on any atom is -0.495 e. The molecule has 0 atom stereocenters. The van der Waals surface area contributed by atoms with E-state index in [0.717, 1.165) is 26.2 Å². The van der Waals surface area contributed by atoms with E-state index in [1.54, 1.807) is 25.3 Å². The topological polar surface area (TPSA) is 64.2 Å². The molecule has 0 saturated carbocycles. The molecule has 1 rings (SSSR count). The van der Waals surface area contributed by atoms with Crippen molar-refractivity contribution in [1.29, 1.82) is 0 Å². The summed E-state index contributed by atoms with van der Waals surface area (Å²) < 4.78 is 10.3. The molecule has 0 aliphatic rings. The number of ether oxygens (including phenoxy) is 2. The molecule has 0 unspecified atom stereocenters. The minimum atomic E-state index is -0.0531. The van der Waals surface area contributed by atoms with Gasteiger partial charge < -0.3 is 20.1 Å². The van der Waals surface area contributed by atoms with E-state index in [-0.39, 0.29) is 5.91 Å². The standard InChI is InChI=1S/C14H21ClN2O3/c1-3-20-8-4-7-16-10-14(18)17-11-5-6-13(19-2)12(15)9-11/h5-6,9,16H,3-4,7-8,10H2,1-2H3,(H,17,18)/p+1. The number of hydrogen-bond acceptors (Lipinski definition) is 3. The second-order valence-corrected chi connectivity index (χ2v) is 4.64. The summed E-state index contributed by atoms with van der Waals surface area (Å²) in [6.45, 7) is 4.70. The summed E-state index contributed by atoms with van der Waals surface area (Å²) >= 11 is 5.99. The summed E-state index contributed by atoms with van der Waals surface area (Å²) in [4.78, 5) is 11.7. The van der Waals surface area contributed by atoms with Crippen molar-refractivity contribution < 1.29 is 19.6 Å². The molecular formula is C14H22ClN2O3+. The smallest absolute Gasteiger partial charge is 0.279 e. The third-order valence-electron chi connectivity index (χ3n) is 2.67. The number of hydrogen-bond donors (Lipinski definition) is 2. The first-order chi connectivity index (χ1) is 9.67. The zero-order valence-corrected chi connectivity index (χ0v) is 12.7. The quantitative estimate of drug-likeness (QED) is 0.675. The fourth-order valence-corrected chi connectivity index (χ4v) is 1.92. The van der Waals surface area contributed by atoms with Crippen LogP contribution in [0.5, 0.6) is 5.75 Å². The van der Waals surface area contributed by atoms with Gasteiger partial charge >= 0.3 is 0 Å². The fourth-order valence-electron chi connectivity index (χ4n) is 1.66. The maximum atomic E-state index is 11.7. The third-order valence-corrected chi connectivity index (χ3v) is 2.96. The molecule has 0 spiro atoms. The Hall–Kier alpha value is -1.30. The second-order valence-electron chi connectivity index (χ2n) is 4.23. The van der Waals surface area contributed by atoms with Crippen LogP contribution in [0.25, 0.3) is 0 Å². The van der Waals surface area contributed by atoms with Gasteiger partial charge in [0.05, 0.1) is 25.3 Å². The van der Waals surface area contributed by atoms with Gasteiger partial charge in [-0.05, 0) is 25.1 Å². The van der Waals surface area contributed by atoms with Gasteiger partial charge in [-0.3, -0.25) is 4.79 Å². The molecule has 1 aromatic rings. The number of amides is 1. The van der Waals surface area contributed by atoms with Crippen molar-refractivity contribution in [2.45, 2.75) is 13.3 Å². The van der Waals surface area contributed by atoms with Crippen LogP contribution in [-0.2, 0) is 9.53 Å². The molecule has 0 radical (unpaired) electrons. The van der Waals surface area contributed by atoms with Gasteiger partial charge in [0.25, 0.3) is 5.91 Å². The van der Waals surface area contributed by atoms with Crippen LogP contribution in [0.2, 0.25) is 5.02 Å². The van der Waals surface area contributed by atoms with Crippen LogP contribution in [0.3, 0.4) is 0 Å². The zero-order chi connectivity index (χ0) is 14.8. The monoisotopic (exact) mass is 301 g/mol. The van der Waals surface area contributed by atoms with E-state index in [2.05, 4.69) is 5.32 Å². The number of benzene rings is 1. The molecule has 0 saturated heterocycles. The summed E-state index contributed by atoms with van der Waals surface area (Å²) in [6, 6.07) is 5.16. The minimum absolute atomic E-state index is 0.0531. The molecule has 0 fully saturated rings. The van der Waals surface area contributed by atoms with Crippen LogP contribution in [0.4, 0.5) is 5.69 Å². The fraction of sp³-hybridized carbons (Fsp3) is 0.500. The summed E-state index contributed by atoms with van der Waals surface area (Å²) in [5, 5.41) is 5.23. The van der Waals surface area contributed by atoms with Crippen LogP contribution in [-0.4, -0.2) is 39.3 Å². The summed E-state index contributed by atoms with van der Waals surface area (Å²) in [6.07, 6.45) is 0.940. The molecule has 0 aliphatic heterocycles. The lowest BCUT2D eigenvalue weighted by Gasteiger charge is -2.07. The predicted octanol–water partition coefficient (Wildman–Crippen LogP) is 1.28. The molecule has 0 heterocycles. The van der Waals surface area contributed by atoms with Crippen LogP contribution < -0.4 is 15.4 Å². The summed E-state index contributed by atoms with van der Waals surface area (Å²) in [7, 11) is 1.55. The number of carbonyl (C=O) groups is 1. The number of carbonyl (C=O) groups excluding carboxylic acids is 1. The molecule has 3 N–H and O–H groups in total. The number of rotatable bonds is 9. The molecular weight excluding hydrogens is 280 g/mol. The van der Waals surface area contributed by atoms with E-state index in [1.807, 2.05) is 12.2 Å². The van der Waals surface area contributed by atoms with Crippen molar-refractivity contribution in [2.75, 3.05) is 38.7 Å². The van der Waals surface area contributed by atoms with Gasteiger partial charge in [0, 0.05) is 18.7 Å². The van der Waals surface area contributed by atoms with Gasteiger partial charge in [-0.25, -0.2) is 0 Å². The number of halogens is 1. The first-order valence-electron chi connectivity index (χ1n) is 6.70. The van der Waals surface area contributed by atoms with Crippen LogP contribution >= 0.6 is 11.6 Å². The molecule has 5 nitrogen and oxygen atoms in total. The number of nitrogens with one attached hydrogen (secondary N) is 1. The highest BCUT2D eigenvalue weighted by atomic mass is 35.5. The predicted molar refractivity (Wildman–Crippen MR) is 79.4 cm³/mol. The van der Waals surface area contributed by atoms with Gasteiger partial charge in [-0.15, -0.1) is 0 Å². The molecule has 6 heteroatoms. The largest absolute Gasteiger partial charge is 0.495 e. The Morgan fingerprint density at radius 2 is 2.25 bits per heavy atom. The van der Waals surface area contributed by atoms with E-state index >= 15 is 0 Å². The lowest BCUT2D eigenvalue weighted by Crippen LogP contribution is -2.86. The van der Waals surface area contributed by atoms with Crippen LogP contribution in [0.15, 0.2) is 18.2 Å². The van der Waals surface area contributed by atoms with Gasteiger partial charge in [0.2, 0.25) is 0 Å². The van der Waals surface area contributed by atoms with Crippen LogP contribution in [0.1, 0.15) is 13.3 Å². The Labute approximate surface area is 124 Å². The molecule has 112 valence electrons. The van der Waals surface area contributed by atoms with Crippen LogP contribution in [0, 0.1) is 0 Å². The van der Waals surface area contributed by atoms with Crippen molar-refractivity contribution in [3.05, 3.63) is 23.2 Å². The number of anilines is 1. The van der Waals surface area contributed by atoms with Crippen molar-refractivity contribution in [3.63, 3.8) is 0 Å². The Kier molecular flexibility index (Phi) is 8.02. The number of nitrogens with two attached hydrogens (primary N) is 1. The normalized spacial score (nSPS) is 10.3. The average molecular weight is 302 g/mol. The second kappa shape index (κ2) is 9.58. The van der Waals surface area contributed by atoms with Gasteiger partial charge in [0.1, 0.15) is 5.75 Å². The molecule has 0 aromatic heterocycles. The van der Waals surface area contributed by atoms with Gasteiger partial charge in [-0.2, -0.15) is 0 Å². The van der Waals surface area contributed by atoms with Gasteiger partial charge in [0.15, 0.2) is 6.54 Å². The summed E-state index contributed by atoms with van der Waals surface area (Å²) in [5.74, 6) is 0.537. The Balaban J connectivity index is 2.26. The first kappa shape index (κ1) is 16.8. The number of quaternary nitrogens is 1. The lowest BCUT2D eigenvalue weighted by atomic mass is 10.3. The van der Waals surface area contributed by atoms with Crippen molar-refractivity contribution in [1.82, 2.24) is 0 Å². The van der Waals surface area contributed by atoms with E-state index in [1.165, 1.54) is 0 Å². The van der Waals surface area contributed by atoms with Gasteiger partial charge in [-0.1, -0.05) is 11.6 Å². The Bertz CT molecular complexity index is 427. The maximum absolute atomic E-state index is 11.7. The molecule has 0 aliphatic carbocycles. The van der Waals surface area contributed by atoms with Crippen molar-refractivity contribution in [3.8, 4) is 5.75 Å². The Morgan fingerprint density at radius 3 is 2.90 bits per heavy atom. The molecule has 0 bridgehead atoms.